The number of hydrogen-bond acceptors (Lipinski definition) is 8. The van der Waals surface area contributed by atoms with Gasteiger partial charge in [-0.2, -0.15) is 0 Å². The summed E-state index contributed by atoms with van der Waals surface area (Å²) >= 11 is 12.4. The fourth-order valence-corrected chi connectivity index (χ4v) is 7.14. The summed E-state index contributed by atoms with van der Waals surface area (Å²) < 4.78 is 0. The second kappa shape index (κ2) is 9.53. The van der Waals surface area contributed by atoms with Crippen LogP contribution in [0.15, 0.2) is 46.9 Å². The van der Waals surface area contributed by atoms with Gasteiger partial charge < -0.3 is 37.2 Å². The van der Waals surface area contributed by atoms with Crippen molar-refractivity contribution in [2.75, 3.05) is 7.05 Å². The maximum Gasteiger partial charge on any atom is 0.251 e. The Bertz CT molecular complexity index is 1500. The predicted molar refractivity (Wildman–Crippen MR) is 147 cm³/mol. The maximum absolute atomic E-state index is 14.1. The minimum Gasteiger partial charge on any atom is -0.511 e. The molecule has 3 aliphatic rings. The first-order chi connectivity index (χ1) is 18.3. The van der Waals surface area contributed by atoms with Crippen molar-refractivity contribution < 1.29 is 30.0 Å². The Morgan fingerprint density at radius 3 is 2.44 bits per heavy atom. The fraction of sp³-hybridized carbons (Fsp3) is 0.357. The topological polar surface area (TPSA) is 179 Å². The Kier molecular flexibility index (Phi) is 6.72. The molecule has 9 N–H and O–H groups in total. The van der Waals surface area contributed by atoms with Gasteiger partial charge in [0, 0.05) is 17.7 Å². The summed E-state index contributed by atoms with van der Waals surface area (Å²) in [6.07, 6.45) is 0.552. The molecule has 5 atom stereocenters. The number of phenols is 1. The van der Waals surface area contributed by atoms with Crippen LogP contribution in [0.2, 0.25) is 10.0 Å². The smallest absolute Gasteiger partial charge is 0.251 e. The first-order valence-electron chi connectivity index (χ1n) is 12.5. The summed E-state index contributed by atoms with van der Waals surface area (Å²) in [5.41, 5.74) is 11.2. The number of nitrogens with two attached hydrogens (primary N) is 2. The Balaban J connectivity index is 1.74. The molecule has 0 fully saturated rings. The third kappa shape index (κ3) is 3.95. The number of amides is 1. The van der Waals surface area contributed by atoms with Crippen molar-refractivity contribution in [3.05, 3.63) is 73.7 Å². The average Bonchev–Trinajstić information content (AvgIpc) is 2.85. The van der Waals surface area contributed by atoms with E-state index in [4.69, 9.17) is 34.7 Å². The molecule has 11 heteroatoms. The van der Waals surface area contributed by atoms with Crippen molar-refractivity contribution in [3.63, 3.8) is 0 Å². The number of carbonyl (C=O) groups excluding carboxylic acids is 2. The van der Waals surface area contributed by atoms with E-state index >= 15 is 0 Å². The lowest BCUT2D eigenvalue weighted by Crippen LogP contribution is -2.59. The maximum atomic E-state index is 14.1. The number of aliphatic hydroxyl groups is 3. The minimum atomic E-state index is -2.05. The zero-order valence-corrected chi connectivity index (χ0v) is 22.8. The van der Waals surface area contributed by atoms with Gasteiger partial charge in [0.1, 0.15) is 22.9 Å². The quantitative estimate of drug-likeness (QED) is 0.291. The summed E-state index contributed by atoms with van der Waals surface area (Å²) in [5, 5.41) is 48.7. The number of ketones is 1. The molecule has 4 unspecified atom stereocenters. The van der Waals surface area contributed by atoms with Crippen LogP contribution in [0, 0.1) is 17.8 Å². The van der Waals surface area contributed by atoms with E-state index in [1.165, 1.54) is 6.92 Å². The summed E-state index contributed by atoms with van der Waals surface area (Å²) in [4.78, 5) is 26.3. The summed E-state index contributed by atoms with van der Waals surface area (Å²) in [6, 6.07) is 5.98. The SMILES string of the molecule is CN[C@H]1C(O)=C(C(N)=O)C(C)(O)C2C(O)=C3C(=O)c4c(O)c(CN)cc(-c5ccc(Cl)c(Cl)c5)c4CC3CC21. The molecule has 206 valence electrons. The zero-order chi connectivity index (χ0) is 28.5. The molecule has 0 aromatic heterocycles. The largest absolute Gasteiger partial charge is 0.511 e. The molecule has 2 aromatic carbocycles. The Morgan fingerprint density at radius 1 is 1.15 bits per heavy atom. The Labute approximate surface area is 234 Å². The highest BCUT2D eigenvalue weighted by molar-refractivity contribution is 6.42. The first-order valence-corrected chi connectivity index (χ1v) is 13.2. The molecule has 0 spiro atoms. The number of rotatable bonds is 4. The van der Waals surface area contributed by atoms with Gasteiger partial charge in [0.05, 0.1) is 33.1 Å². The molecule has 39 heavy (non-hydrogen) atoms. The number of fused-ring (bicyclic) bond motifs is 3. The third-order valence-corrected chi connectivity index (χ3v) is 9.21. The monoisotopic (exact) mass is 573 g/mol. The number of halogens is 2. The second-order valence-corrected chi connectivity index (χ2v) is 11.4. The van der Waals surface area contributed by atoms with E-state index in [1.54, 1.807) is 31.3 Å². The highest BCUT2D eigenvalue weighted by atomic mass is 35.5. The summed E-state index contributed by atoms with van der Waals surface area (Å²) in [7, 11) is 1.59. The number of aliphatic hydroxyl groups excluding tert-OH is 2. The number of phenolic OH excluding ortho intramolecular Hbond substituents is 1. The molecular weight excluding hydrogens is 545 g/mol. The number of Topliss-reactive ketones (excluding diaryl/α,β-unsaturated/α-hetero) is 1. The highest BCUT2D eigenvalue weighted by Gasteiger charge is 2.58. The molecule has 0 aliphatic heterocycles. The van der Waals surface area contributed by atoms with E-state index < -0.39 is 58.2 Å². The van der Waals surface area contributed by atoms with Crippen molar-refractivity contribution in [3.8, 4) is 16.9 Å². The molecule has 0 heterocycles. The number of primary amides is 1. The van der Waals surface area contributed by atoms with Gasteiger partial charge in [0.25, 0.3) is 5.91 Å². The Morgan fingerprint density at radius 2 is 1.85 bits per heavy atom. The zero-order valence-electron chi connectivity index (χ0n) is 21.3. The van der Waals surface area contributed by atoms with Crippen molar-refractivity contribution >= 4 is 34.9 Å². The molecule has 2 aromatic rings. The molecule has 0 bridgehead atoms. The molecule has 9 nitrogen and oxygen atoms in total. The number of likely N-dealkylation sites (N-methyl/N-ethyl adjacent to an activating group) is 1. The Hall–Kier alpha value is -3.08. The lowest BCUT2D eigenvalue weighted by Gasteiger charge is -2.50. The van der Waals surface area contributed by atoms with E-state index in [0.29, 0.717) is 32.3 Å². The van der Waals surface area contributed by atoms with Crippen molar-refractivity contribution in [2.45, 2.75) is 38.0 Å². The molecule has 3 aliphatic carbocycles. The highest BCUT2D eigenvalue weighted by Crippen LogP contribution is 2.54. The van der Waals surface area contributed by atoms with Crippen LogP contribution < -0.4 is 16.8 Å². The average molecular weight is 574 g/mol. The standard InChI is InChI=1S/C28H29Cl2N3O6/c1-28(39)20-15(22(33-2)26(37)21(28)27(32)38)6-11-5-14-13(10-3-4-16(29)17(30)8-10)7-12(9-31)23(34)19(14)24(35)18(11)25(20)36/h3-4,7-8,11,15,20,22,33-34,36-37,39H,5-6,9,31H2,1-2H3,(H2,32,38)/t11?,15?,20?,22-,28?/m1/s1. The van der Waals surface area contributed by atoms with Crippen LogP contribution in [-0.4, -0.2) is 50.8 Å². The van der Waals surface area contributed by atoms with E-state index in [0.717, 1.165) is 0 Å². The number of nitrogens with one attached hydrogen (secondary N) is 1. The number of benzene rings is 2. The van der Waals surface area contributed by atoms with Gasteiger partial charge in [-0.1, -0.05) is 29.3 Å². The number of allylic oxidation sites excluding steroid dienone is 1. The minimum absolute atomic E-state index is 0.0180. The number of carbonyl (C=O) groups is 2. The van der Waals surface area contributed by atoms with Gasteiger partial charge in [-0.05, 0) is 73.5 Å². The van der Waals surface area contributed by atoms with Gasteiger partial charge in [0.15, 0.2) is 5.78 Å². The van der Waals surface area contributed by atoms with Gasteiger partial charge in [-0.25, -0.2) is 0 Å². The number of hydrogen-bond donors (Lipinski definition) is 7. The van der Waals surface area contributed by atoms with Crippen molar-refractivity contribution in [1.82, 2.24) is 5.32 Å². The van der Waals surface area contributed by atoms with Gasteiger partial charge in [-0.15, -0.1) is 0 Å². The second-order valence-electron chi connectivity index (χ2n) is 10.6. The van der Waals surface area contributed by atoms with E-state index in [9.17, 15) is 30.0 Å². The predicted octanol–water partition coefficient (Wildman–Crippen LogP) is 3.28. The lowest BCUT2D eigenvalue weighted by atomic mass is 9.57. The first kappa shape index (κ1) is 27.5. The van der Waals surface area contributed by atoms with Crippen LogP contribution in [0.25, 0.3) is 11.1 Å². The third-order valence-electron chi connectivity index (χ3n) is 8.47. The number of aromatic hydroxyl groups is 1. The fourth-order valence-electron chi connectivity index (χ4n) is 6.84. The van der Waals surface area contributed by atoms with E-state index in [2.05, 4.69) is 5.32 Å². The molecule has 0 radical (unpaired) electrons. The normalized spacial score (nSPS) is 28.2. The van der Waals surface area contributed by atoms with Crippen LogP contribution in [-0.2, 0) is 17.8 Å². The van der Waals surface area contributed by atoms with Gasteiger partial charge >= 0.3 is 0 Å². The van der Waals surface area contributed by atoms with Crippen molar-refractivity contribution in [1.29, 1.82) is 0 Å². The molecule has 0 saturated carbocycles. The summed E-state index contributed by atoms with van der Waals surface area (Å²) in [6.45, 7) is 1.24. The molecule has 0 saturated heterocycles. The van der Waals surface area contributed by atoms with E-state index in [1.807, 2.05) is 0 Å². The molecular formula is C28H29Cl2N3O6. The van der Waals surface area contributed by atoms with E-state index in [-0.39, 0.29) is 36.3 Å². The van der Waals surface area contributed by atoms with Gasteiger partial charge in [0.2, 0.25) is 0 Å². The lowest BCUT2D eigenvalue weighted by molar-refractivity contribution is -0.120. The molecule has 1 amide bonds. The van der Waals surface area contributed by atoms with Crippen molar-refractivity contribution in [2.24, 2.45) is 29.2 Å². The van der Waals surface area contributed by atoms with Crippen LogP contribution >= 0.6 is 23.2 Å². The molecule has 5 rings (SSSR count). The van der Waals surface area contributed by atoms with Crippen LogP contribution in [0.3, 0.4) is 0 Å². The van der Waals surface area contributed by atoms with Crippen LogP contribution in [0.4, 0.5) is 0 Å². The van der Waals surface area contributed by atoms with Gasteiger partial charge in [-0.3, -0.25) is 9.59 Å². The van der Waals surface area contributed by atoms with Crippen LogP contribution in [0.5, 0.6) is 5.75 Å². The summed E-state index contributed by atoms with van der Waals surface area (Å²) in [5.74, 6) is -4.89. The van der Waals surface area contributed by atoms with Crippen LogP contribution in [0.1, 0.15) is 34.8 Å².